The van der Waals surface area contributed by atoms with Gasteiger partial charge in [0.1, 0.15) is 17.9 Å². The monoisotopic (exact) mass is 454 g/mol. The summed E-state index contributed by atoms with van der Waals surface area (Å²) in [5.41, 5.74) is 0.778. The minimum absolute atomic E-state index is 0.124. The average Bonchev–Trinajstić information content (AvgIpc) is 3.11. The third-order valence-electron chi connectivity index (χ3n) is 4.77. The fraction of sp³-hybridized carbons (Fsp3) is 0.333. The zero-order valence-electron chi connectivity index (χ0n) is 15.5. The van der Waals surface area contributed by atoms with Gasteiger partial charge in [0.25, 0.3) is 5.91 Å². The van der Waals surface area contributed by atoms with Gasteiger partial charge >= 0.3 is 0 Å². The van der Waals surface area contributed by atoms with Crippen LogP contribution in [-0.4, -0.2) is 63.3 Å². The van der Waals surface area contributed by atoms with Crippen LogP contribution >= 0.6 is 34.8 Å². The molecule has 0 bridgehead atoms. The number of hydrogen-bond donors (Lipinski definition) is 0. The molecular weight excluding hydrogens is 439 g/mol. The fourth-order valence-electron chi connectivity index (χ4n) is 3.22. The molecule has 0 saturated carbocycles. The lowest BCUT2D eigenvalue weighted by molar-refractivity contribution is -0.133. The Kier molecular flexibility index (Phi) is 5.67. The summed E-state index contributed by atoms with van der Waals surface area (Å²) < 4.78 is 7.26. The number of fused-ring (bicyclic) bond motifs is 1. The number of aromatic nitrogens is 4. The van der Waals surface area contributed by atoms with Crippen molar-refractivity contribution < 1.29 is 9.53 Å². The Bertz CT molecular complexity index is 1070. The van der Waals surface area contributed by atoms with Gasteiger partial charge in [-0.25, -0.2) is 9.97 Å². The van der Waals surface area contributed by atoms with Gasteiger partial charge in [0.05, 0.1) is 26.7 Å². The number of hydrogen-bond acceptors (Lipinski definition) is 6. The molecule has 2 aromatic heterocycles. The van der Waals surface area contributed by atoms with Gasteiger partial charge in [-0.3, -0.25) is 9.48 Å². The van der Waals surface area contributed by atoms with Crippen molar-refractivity contribution in [2.75, 3.05) is 37.7 Å². The number of ether oxygens (including phenoxy) is 1. The number of halogens is 3. The summed E-state index contributed by atoms with van der Waals surface area (Å²) in [6, 6.07) is 3.00. The number of amides is 1. The first kappa shape index (κ1) is 20.0. The first-order chi connectivity index (χ1) is 13.9. The number of carbonyl (C=O) groups is 1. The molecular formula is C18H17Cl3N6O2. The highest BCUT2D eigenvalue weighted by Crippen LogP contribution is 2.33. The Morgan fingerprint density at radius 1 is 1.07 bits per heavy atom. The largest absolute Gasteiger partial charge is 0.482 e. The third kappa shape index (κ3) is 4.05. The van der Waals surface area contributed by atoms with Crippen LogP contribution in [0.1, 0.15) is 0 Å². The Morgan fingerprint density at radius 2 is 1.79 bits per heavy atom. The molecule has 152 valence electrons. The topological polar surface area (TPSA) is 76.4 Å². The molecule has 8 nitrogen and oxygen atoms in total. The van der Waals surface area contributed by atoms with E-state index in [-0.39, 0.29) is 12.5 Å². The number of rotatable bonds is 4. The molecule has 0 N–H and O–H groups in total. The maximum atomic E-state index is 12.5. The molecule has 3 heterocycles. The van der Waals surface area contributed by atoms with Gasteiger partial charge in [0.15, 0.2) is 12.3 Å². The molecule has 0 radical (unpaired) electrons. The van der Waals surface area contributed by atoms with Crippen LogP contribution in [0.15, 0.2) is 24.7 Å². The van der Waals surface area contributed by atoms with Crippen molar-refractivity contribution in [3.63, 3.8) is 0 Å². The van der Waals surface area contributed by atoms with E-state index in [1.807, 2.05) is 7.05 Å². The second-order valence-electron chi connectivity index (χ2n) is 6.56. The first-order valence-corrected chi connectivity index (χ1v) is 10.00. The van der Waals surface area contributed by atoms with E-state index in [2.05, 4.69) is 20.0 Å². The smallest absolute Gasteiger partial charge is 0.260 e. The van der Waals surface area contributed by atoms with Crippen LogP contribution in [0.2, 0.25) is 15.1 Å². The molecule has 1 amide bonds. The molecule has 1 fully saturated rings. The number of anilines is 1. The van der Waals surface area contributed by atoms with Gasteiger partial charge in [0.2, 0.25) is 0 Å². The molecule has 0 spiro atoms. The van der Waals surface area contributed by atoms with Crippen molar-refractivity contribution in [3.05, 3.63) is 39.7 Å². The summed E-state index contributed by atoms with van der Waals surface area (Å²) in [5.74, 6) is 1.03. The minimum atomic E-state index is -0.127. The van der Waals surface area contributed by atoms with Crippen molar-refractivity contribution >= 4 is 57.6 Å². The number of benzene rings is 1. The Hall–Kier alpha value is -2.29. The van der Waals surface area contributed by atoms with E-state index >= 15 is 0 Å². The second-order valence-corrected chi connectivity index (χ2v) is 7.78. The molecule has 0 aliphatic carbocycles. The normalized spacial score (nSPS) is 14.5. The van der Waals surface area contributed by atoms with Crippen molar-refractivity contribution in [1.29, 1.82) is 0 Å². The van der Waals surface area contributed by atoms with E-state index in [9.17, 15) is 4.79 Å². The van der Waals surface area contributed by atoms with E-state index < -0.39 is 0 Å². The summed E-state index contributed by atoms with van der Waals surface area (Å²) in [6.45, 7) is 2.30. The predicted molar refractivity (Wildman–Crippen MR) is 112 cm³/mol. The van der Waals surface area contributed by atoms with Crippen LogP contribution in [0.4, 0.5) is 5.82 Å². The SMILES string of the molecule is Cn1ncc2c(N3CCN(C(=O)COc4cc(Cl)c(Cl)cc4Cl)CC3)ncnc21. The van der Waals surface area contributed by atoms with Crippen LogP contribution < -0.4 is 9.64 Å². The molecule has 0 atom stereocenters. The van der Waals surface area contributed by atoms with Gasteiger partial charge < -0.3 is 14.5 Å². The lowest BCUT2D eigenvalue weighted by Crippen LogP contribution is -2.50. The van der Waals surface area contributed by atoms with Crippen LogP contribution in [0.3, 0.4) is 0 Å². The average molecular weight is 456 g/mol. The van der Waals surface area contributed by atoms with Crippen molar-refractivity contribution in [2.45, 2.75) is 0 Å². The fourth-order valence-corrected chi connectivity index (χ4v) is 3.81. The molecule has 29 heavy (non-hydrogen) atoms. The van der Waals surface area contributed by atoms with E-state index in [1.54, 1.807) is 15.8 Å². The molecule has 3 aromatic rings. The van der Waals surface area contributed by atoms with Crippen LogP contribution in [0.25, 0.3) is 11.0 Å². The number of piperazine rings is 1. The molecule has 1 saturated heterocycles. The number of nitrogens with zero attached hydrogens (tertiary/aromatic N) is 6. The molecule has 4 rings (SSSR count). The second kappa shape index (κ2) is 8.22. The van der Waals surface area contributed by atoms with Crippen molar-refractivity contribution in [3.8, 4) is 5.75 Å². The molecule has 11 heteroatoms. The zero-order chi connectivity index (χ0) is 20.5. The zero-order valence-corrected chi connectivity index (χ0v) is 17.7. The molecule has 0 unspecified atom stereocenters. The van der Waals surface area contributed by atoms with Gasteiger partial charge in [-0.15, -0.1) is 0 Å². The summed E-state index contributed by atoms with van der Waals surface area (Å²) in [7, 11) is 1.84. The predicted octanol–water partition coefficient (Wildman–Crippen LogP) is 3.05. The summed E-state index contributed by atoms with van der Waals surface area (Å²) >= 11 is 18.0. The van der Waals surface area contributed by atoms with Gasteiger partial charge in [-0.1, -0.05) is 34.8 Å². The highest BCUT2D eigenvalue weighted by molar-refractivity contribution is 6.43. The quantitative estimate of drug-likeness (QED) is 0.563. The Labute approximate surface area is 181 Å². The molecule has 1 aliphatic heterocycles. The van der Waals surface area contributed by atoms with Gasteiger partial charge in [-0.05, 0) is 6.07 Å². The first-order valence-electron chi connectivity index (χ1n) is 8.87. The van der Waals surface area contributed by atoms with Gasteiger partial charge in [-0.2, -0.15) is 5.10 Å². The Balaban J connectivity index is 1.37. The van der Waals surface area contributed by atoms with Crippen molar-refractivity contribution in [1.82, 2.24) is 24.6 Å². The van der Waals surface area contributed by atoms with Crippen molar-refractivity contribution in [2.24, 2.45) is 7.05 Å². The lowest BCUT2D eigenvalue weighted by atomic mass is 10.2. The number of aryl methyl sites for hydroxylation is 1. The van der Waals surface area contributed by atoms with E-state index in [0.29, 0.717) is 47.0 Å². The summed E-state index contributed by atoms with van der Waals surface area (Å²) in [6.07, 6.45) is 3.29. The summed E-state index contributed by atoms with van der Waals surface area (Å²) in [4.78, 5) is 25.1. The molecule has 1 aliphatic rings. The highest BCUT2D eigenvalue weighted by atomic mass is 35.5. The lowest BCUT2D eigenvalue weighted by Gasteiger charge is -2.35. The number of carbonyl (C=O) groups excluding carboxylic acids is 1. The maximum absolute atomic E-state index is 12.5. The van der Waals surface area contributed by atoms with E-state index in [0.717, 1.165) is 16.9 Å². The van der Waals surface area contributed by atoms with Gasteiger partial charge in [0, 0.05) is 39.3 Å². The van der Waals surface area contributed by atoms with Crippen LogP contribution in [-0.2, 0) is 11.8 Å². The highest BCUT2D eigenvalue weighted by Gasteiger charge is 2.24. The minimum Gasteiger partial charge on any atom is -0.482 e. The van der Waals surface area contributed by atoms with E-state index in [4.69, 9.17) is 39.5 Å². The van der Waals surface area contributed by atoms with E-state index in [1.165, 1.54) is 18.5 Å². The standard InChI is InChI=1S/C18H17Cl3N6O2/c1-25-17-11(8-24-25)18(23-10-22-17)27-4-2-26(3-5-27)16(28)9-29-15-7-13(20)12(19)6-14(15)21/h6-8,10H,2-5,9H2,1H3. The molecule has 1 aromatic carbocycles. The third-order valence-corrected chi connectivity index (χ3v) is 5.78. The van der Waals surface area contributed by atoms with Crippen LogP contribution in [0, 0.1) is 0 Å². The summed E-state index contributed by atoms with van der Waals surface area (Å²) in [5, 5.41) is 6.10. The van der Waals surface area contributed by atoms with Crippen LogP contribution in [0.5, 0.6) is 5.75 Å². The Morgan fingerprint density at radius 3 is 2.55 bits per heavy atom. The maximum Gasteiger partial charge on any atom is 0.260 e.